The lowest BCUT2D eigenvalue weighted by Crippen LogP contribution is -2.54. The fourth-order valence-corrected chi connectivity index (χ4v) is 2.72. The highest BCUT2D eigenvalue weighted by atomic mass is 19.4. The third-order valence-corrected chi connectivity index (χ3v) is 4.58. The number of nitrogens with one attached hydrogen (secondary N) is 2. The Morgan fingerprint density at radius 3 is 2.31 bits per heavy atom. The van der Waals surface area contributed by atoms with Crippen LogP contribution in [0.25, 0.3) is 0 Å². The van der Waals surface area contributed by atoms with Crippen LogP contribution in [0.2, 0.25) is 0 Å². The van der Waals surface area contributed by atoms with Crippen molar-refractivity contribution in [3.05, 3.63) is 59.7 Å². The topological polar surface area (TPSA) is 76.7 Å². The molecule has 2 aromatic rings. The molecule has 2 amide bonds. The molecule has 1 unspecified atom stereocenters. The summed E-state index contributed by atoms with van der Waals surface area (Å²) in [6.07, 6.45) is -5.51. The molecular formula is C20H19F3N2O4. The van der Waals surface area contributed by atoms with E-state index in [1.807, 2.05) is 0 Å². The van der Waals surface area contributed by atoms with Crippen LogP contribution >= 0.6 is 0 Å². The van der Waals surface area contributed by atoms with E-state index < -0.39 is 35.1 Å². The van der Waals surface area contributed by atoms with Gasteiger partial charge in [0.2, 0.25) is 12.0 Å². The predicted molar refractivity (Wildman–Crippen MR) is 97.1 cm³/mol. The van der Waals surface area contributed by atoms with Crippen molar-refractivity contribution < 1.29 is 32.2 Å². The molecule has 0 aliphatic carbocycles. The minimum Gasteiger partial charge on any atom is -0.485 e. The largest absolute Gasteiger partial charge is 0.485 e. The molecule has 1 heterocycles. The Morgan fingerprint density at radius 2 is 1.62 bits per heavy atom. The number of para-hydroxylation sites is 2. The van der Waals surface area contributed by atoms with E-state index in [-0.39, 0.29) is 12.2 Å². The van der Waals surface area contributed by atoms with Crippen molar-refractivity contribution >= 4 is 11.8 Å². The van der Waals surface area contributed by atoms with Crippen LogP contribution in [-0.2, 0) is 21.2 Å². The lowest BCUT2D eigenvalue weighted by atomic mass is 9.83. The van der Waals surface area contributed by atoms with Gasteiger partial charge in [-0.25, -0.2) is 0 Å². The first-order valence-corrected chi connectivity index (χ1v) is 8.75. The normalized spacial score (nSPS) is 16.1. The van der Waals surface area contributed by atoms with Crippen LogP contribution in [0.15, 0.2) is 48.5 Å². The number of carbonyl (C=O) groups excluding carboxylic acids is 2. The number of alkyl halides is 3. The SMILES string of the molecule is CC(C)(C(=O)NNC(=O)C1COc2ccccc2O1)c1cccc(C(F)(F)F)c1. The van der Waals surface area contributed by atoms with Crippen molar-refractivity contribution in [2.75, 3.05) is 6.61 Å². The summed E-state index contributed by atoms with van der Waals surface area (Å²) in [7, 11) is 0. The van der Waals surface area contributed by atoms with Gasteiger partial charge in [0.15, 0.2) is 11.5 Å². The van der Waals surface area contributed by atoms with Crippen LogP contribution in [0.5, 0.6) is 11.5 Å². The Kier molecular flexibility index (Phi) is 5.41. The van der Waals surface area contributed by atoms with Gasteiger partial charge in [-0.05, 0) is 37.6 Å². The summed E-state index contributed by atoms with van der Waals surface area (Å²) >= 11 is 0. The van der Waals surface area contributed by atoms with Gasteiger partial charge in [0.1, 0.15) is 6.61 Å². The van der Waals surface area contributed by atoms with Gasteiger partial charge in [-0.3, -0.25) is 20.4 Å². The van der Waals surface area contributed by atoms with Crippen molar-refractivity contribution in [2.24, 2.45) is 0 Å². The maximum absolute atomic E-state index is 12.9. The van der Waals surface area contributed by atoms with E-state index in [9.17, 15) is 22.8 Å². The average molecular weight is 408 g/mol. The third-order valence-electron chi connectivity index (χ3n) is 4.58. The first-order chi connectivity index (χ1) is 13.6. The van der Waals surface area contributed by atoms with E-state index in [0.717, 1.165) is 12.1 Å². The molecule has 0 radical (unpaired) electrons. The standard InChI is InChI=1S/C20H19F3N2O4/c1-19(2,12-6-5-7-13(10-12)20(21,22)23)18(27)25-24-17(26)16-11-28-14-8-3-4-9-15(14)29-16/h3-10,16H,11H2,1-2H3,(H,24,26)(H,25,27). The van der Waals surface area contributed by atoms with Crippen LogP contribution in [0.3, 0.4) is 0 Å². The Morgan fingerprint density at radius 1 is 0.966 bits per heavy atom. The predicted octanol–water partition coefficient (Wildman–Crippen LogP) is 2.97. The molecular weight excluding hydrogens is 389 g/mol. The van der Waals surface area contributed by atoms with Crippen LogP contribution in [0.1, 0.15) is 25.0 Å². The zero-order valence-electron chi connectivity index (χ0n) is 15.7. The van der Waals surface area contributed by atoms with E-state index in [2.05, 4.69) is 10.9 Å². The molecule has 0 fully saturated rings. The molecule has 0 aromatic heterocycles. The number of hydrazine groups is 1. The highest BCUT2D eigenvalue weighted by molar-refractivity contribution is 5.90. The molecule has 0 spiro atoms. The van der Waals surface area contributed by atoms with Crippen molar-refractivity contribution in [3.8, 4) is 11.5 Å². The zero-order valence-corrected chi connectivity index (χ0v) is 15.7. The van der Waals surface area contributed by atoms with Gasteiger partial charge in [-0.15, -0.1) is 0 Å². The minimum absolute atomic E-state index is 0.0459. The molecule has 2 N–H and O–H groups in total. The second-order valence-corrected chi connectivity index (χ2v) is 7.01. The number of rotatable bonds is 3. The van der Waals surface area contributed by atoms with Gasteiger partial charge in [-0.2, -0.15) is 13.2 Å². The molecule has 6 nitrogen and oxygen atoms in total. The number of benzene rings is 2. The number of hydrogen-bond donors (Lipinski definition) is 2. The molecule has 29 heavy (non-hydrogen) atoms. The van der Waals surface area contributed by atoms with Gasteiger partial charge in [0, 0.05) is 0 Å². The van der Waals surface area contributed by atoms with E-state index in [0.29, 0.717) is 11.5 Å². The Bertz CT molecular complexity index is 928. The number of amides is 2. The lowest BCUT2D eigenvalue weighted by Gasteiger charge is -2.27. The molecule has 1 aliphatic heterocycles. The molecule has 1 atom stereocenters. The highest BCUT2D eigenvalue weighted by Gasteiger charge is 2.35. The first kappa shape index (κ1) is 20.5. The molecule has 154 valence electrons. The number of carbonyl (C=O) groups is 2. The zero-order chi connectivity index (χ0) is 21.2. The molecule has 0 bridgehead atoms. The van der Waals surface area contributed by atoms with Crippen LogP contribution < -0.4 is 20.3 Å². The van der Waals surface area contributed by atoms with Crippen LogP contribution in [0, 0.1) is 0 Å². The second kappa shape index (κ2) is 7.65. The molecule has 9 heteroatoms. The Hall–Kier alpha value is -3.23. The Balaban J connectivity index is 1.63. The fraction of sp³-hybridized carbons (Fsp3) is 0.300. The van der Waals surface area contributed by atoms with E-state index in [1.54, 1.807) is 24.3 Å². The van der Waals surface area contributed by atoms with Crippen LogP contribution in [0.4, 0.5) is 13.2 Å². The van der Waals surface area contributed by atoms with Crippen molar-refractivity contribution in [2.45, 2.75) is 31.5 Å². The number of ether oxygens (including phenoxy) is 2. The van der Waals surface area contributed by atoms with Gasteiger partial charge in [0.05, 0.1) is 11.0 Å². The summed E-state index contributed by atoms with van der Waals surface area (Å²) in [5.74, 6) is -0.421. The molecule has 0 saturated carbocycles. The van der Waals surface area contributed by atoms with E-state index in [1.165, 1.54) is 26.0 Å². The fourth-order valence-electron chi connectivity index (χ4n) is 2.72. The number of halogens is 3. The highest BCUT2D eigenvalue weighted by Crippen LogP contribution is 2.33. The van der Waals surface area contributed by atoms with Crippen LogP contribution in [-0.4, -0.2) is 24.5 Å². The molecule has 0 saturated heterocycles. The molecule has 1 aliphatic rings. The lowest BCUT2D eigenvalue weighted by molar-refractivity contribution is -0.138. The van der Waals surface area contributed by atoms with Crippen molar-refractivity contribution in [1.82, 2.24) is 10.9 Å². The van der Waals surface area contributed by atoms with Crippen molar-refractivity contribution in [3.63, 3.8) is 0 Å². The molecule has 2 aromatic carbocycles. The molecule has 3 rings (SSSR count). The van der Waals surface area contributed by atoms with Gasteiger partial charge >= 0.3 is 6.18 Å². The van der Waals surface area contributed by atoms with Gasteiger partial charge < -0.3 is 9.47 Å². The summed E-state index contributed by atoms with van der Waals surface area (Å²) < 4.78 is 49.8. The van der Waals surface area contributed by atoms with Crippen molar-refractivity contribution in [1.29, 1.82) is 0 Å². The quantitative estimate of drug-likeness (QED) is 0.766. The summed E-state index contributed by atoms with van der Waals surface area (Å²) in [5.41, 5.74) is 2.46. The summed E-state index contributed by atoms with van der Waals surface area (Å²) in [6.45, 7) is 2.87. The maximum Gasteiger partial charge on any atom is 0.416 e. The first-order valence-electron chi connectivity index (χ1n) is 8.75. The monoisotopic (exact) mass is 408 g/mol. The summed E-state index contributed by atoms with van der Waals surface area (Å²) in [5, 5.41) is 0. The third kappa shape index (κ3) is 4.44. The number of fused-ring (bicyclic) bond motifs is 1. The minimum atomic E-state index is -4.52. The average Bonchev–Trinajstić information content (AvgIpc) is 2.70. The Labute approximate surface area is 165 Å². The second-order valence-electron chi connectivity index (χ2n) is 7.01. The van der Waals surface area contributed by atoms with Gasteiger partial charge in [0.25, 0.3) is 5.91 Å². The summed E-state index contributed by atoms with van der Waals surface area (Å²) in [6, 6.07) is 11.3. The van der Waals surface area contributed by atoms with E-state index >= 15 is 0 Å². The maximum atomic E-state index is 12.9. The van der Waals surface area contributed by atoms with E-state index in [4.69, 9.17) is 9.47 Å². The smallest absolute Gasteiger partial charge is 0.416 e. The van der Waals surface area contributed by atoms with Gasteiger partial charge in [-0.1, -0.05) is 30.3 Å². The summed E-state index contributed by atoms with van der Waals surface area (Å²) in [4.78, 5) is 24.8. The number of hydrogen-bond acceptors (Lipinski definition) is 4.